The van der Waals surface area contributed by atoms with Crippen molar-refractivity contribution in [1.82, 2.24) is 25.3 Å². The van der Waals surface area contributed by atoms with Crippen molar-refractivity contribution in [3.63, 3.8) is 0 Å². The highest BCUT2D eigenvalue weighted by atomic mass is 16.3. The Morgan fingerprint density at radius 2 is 2.23 bits per heavy atom. The van der Waals surface area contributed by atoms with Gasteiger partial charge in [-0.25, -0.2) is 0 Å². The Labute approximate surface area is 129 Å². The molecule has 0 saturated heterocycles. The maximum Gasteiger partial charge on any atom is 0.152 e. The number of nitrogens with one attached hydrogen (secondary N) is 2. The third-order valence-corrected chi connectivity index (χ3v) is 3.98. The van der Waals surface area contributed by atoms with Crippen molar-refractivity contribution in [2.24, 2.45) is 0 Å². The molecule has 22 heavy (non-hydrogen) atoms. The molecule has 6 heteroatoms. The van der Waals surface area contributed by atoms with Crippen molar-refractivity contribution in [2.45, 2.75) is 39.4 Å². The first-order valence-electron chi connectivity index (χ1n) is 7.46. The fraction of sp³-hybridized carbons (Fsp3) is 0.375. The lowest BCUT2D eigenvalue weighted by Gasteiger charge is -2.21. The zero-order valence-electron chi connectivity index (χ0n) is 13.1. The largest absolute Gasteiger partial charge is 0.460 e. The molecule has 0 aliphatic carbocycles. The highest BCUT2D eigenvalue weighted by Gasteiger charge is 2.16. The number of rotatable bonds is 6. The molecule has 0 bridgehead atoms. The van der Waals surface area contributed by atoms with Crippen molar-refractivity contribution < 1.29 is 4.42 Å². The summed E-state index contributed by atoms with van der Waals surface area (Å²) in [6.45, 7) is 6.96. The van der Waals surface area contributed by atoms with Gasteiger partial charge in [0.05, 0.1) is 12.2 Å². The molecule has 3 aromatic heterocycles. The number of hydrogen-bond donors (Lipinski definition) is 2. The molecule has 0 radical (unpaired) electrons. The van der Waals surface area contributed by atoms with E-state index in [1.54, 1.807) is 6.20 Å². The van der Waals surface area contributed by atoms with Crippen LogP contribution in [0.4, 0.5) is 0 Å². The summed E-state index contributed by atoms with van der Waals surface area (Å²) in [6, 6.07) is 6.41. The van der Waals surface area contributed by atoms with Crippen LogP contribution in [-0.4, -0.2) is 26.0 Å². The molecule has 0 fully saturated rings. The third kappa shape index (κ3) is 2.96. The van der Waals surface area contributed by atoms with Gasteiger partial charge in [-0.3, -0.25) is 9.78 Å². The SMILES string of the molecule is Cc1ccc(-c2[nH]ncc2CN[C@@H](C)[C@H](C)n2cccn2)o1. The molecule has 6 nitrogen and oxygen atoms in total. The molecule has 0 aliphatic rings. The first-order chi connectivity index (χ1) is 10.6. The van der Waals surface area contributed by atoms with Gasteiger partial charge in [0.2, 0.25) is 0 Å². The molecule has 0 aliphatic heterocycles. The van der Waals surface area contributed by atoms with E-state index in [2.05, 4.69) is 34.5 Å². The average molecular weight is 299 g/mol. The van der Waals surface area contributed by atoms with Crippen molar-refractivity contribution in [1.29, 1.82) is 0 Å². The highest BCUT2D eigenvalue weighted by Crippen LogP contribution is 2.23. The molecule has 2 atom stereocenters. The minimum Gasteiger partial charge on any atom is -0.460 e. The van der Waals surface area contributed by atoms with Gasteiger partial charge in [0.1, 0.15) is 11.5 Å². The van der Waals surface area contributed by atoms with Gasteiger partial charge in [0, 0.05) is 30.5 Å². The molecule has 0 spiro atoms. The van der Waals surface area contributed by atoms with Crippen LogP contribution in [0.1, 0.15) is 31.2 Å². The van der Waals surface area contributed by atoms with Crippen molar-refractivity contribution in [3.05, 3.63) is 48.1 Å². The molecule has 3 rings (SSSR count). The molecule has 0 saturated carbocycles. The number of aryl methyl sites for hydroxylation is 1. The van der Waals surface area contributed by atoms with Crippen molar-refractivity contribution in [3.8, 4) is 11.5 Å². The van der Waals surface area contributed by atoms with E-state index in [1.807, 2.05) is 42.2 Å². The lowest BCUT2D eigenvalue weighted by atomic mass is 10.1. The summed E-state index contributed by atoms with van der Waals surface area (Å²) >= 11 is 0. The van der Waals surface area contributed by atoms with Crippen LogP contribution in [0.2, 0.25) is 0 Å². The lowest BCUT2D eigenvalue weighted by Crippen LogP contribution is -2.33. The Balaban J connectivity index is 1.66. The van der Waals surface area contributed by atoms with Crippen LogP contribution >= 0.6 is 0 Å². The molecule has 0 amide bonds. The predicted molar refractivity (Wildman–Crippen MR) is 84.3 cm³/mol. The quantitative estimate of drug-likeness (QED) is 0.734. The maximum atomic E-state index is 5.67. The third-order valence-electron chi connectivity index (χ3n) is 3.98. The lowest BCUT2D eigenvalue weighted by molar-refractivity contribution is 0.365. The molecule has 3 aromatic rings. The Kier molecular flexibility index (Phi) is 4.11. The van der Waals surface area contributed by atoms with Crippen LogP contribution in [0, 0.1) is 6.92 Å². The number of nitrogens with zero attached hydrogens (tertiary/aromatic N) is 3. The molecule has 3 heterocycles. The zero-order chi connectivity index (χ0) is 15.5. The first kappa shape index (κ1) is 14.6. The Bertz CT molecular complexity index is 713. The molecule has 0 unspecified atom stereocenters. The number of aromatic amines is 1. The molecule has 0 aromatic carbocycles. The molecule has 116 valence electrons. The van der Waals surface area contributed by atoms with Gasteiger partial charge in [-0.1, -0.05) is 0 Å². The summed E-state index contributed by atoms with van der Waals surface area (Å²) in [6.07, 6.45) is 5.62. The topological polar surface area (TPSA) is 71.7 Å². The first-order valence-corrected chi connectivity index (χ1v) is 7.46. The minimum absolute atomic E-state index is 0.274. The Morgan fingerprint density at radius 1 is 1.36 bits per heavy atom. The van der Waals surface area contributed by atoms with Gasteiger partial charge < -0.3 is 9.73 Å². The number of hydrogen-bond acceptors (Lipinski definition) is 4. The van der Waals surface area contributed by atoms with Crippen molar-refractivity contribution in [2.75, 3.05) is 0 Å². The summed E-state index contributed by atoms with van der Waals surface area (Å²) in [5.41, 5.74) is 2.02. The Hall–Kier alpha value is -2.34. The normalized spacial score (nSPS) is 14.1. The van der Waals surface area contributed by atoms with E-state index in [-0.39, 0.29) is 12.1 Å². The minimum atomic E-state index is 0.274. The predicted octanol–water partition coefficient (Wildman–Crippen LogP) is 2.91. The second kappa shape index (κ2) is 6.19. The molecule has 2 N–H and O–H groups in total. The Morgan fingerprint density at radius 3 is 2.91 bits per heavy atom. The van der Waals surface area contributed by atoms with Gasteiger partial charge in [-0.15, -0.1) is 0 Å². The van der Waals surface area contributed by atoms with Crippen LogP contribution in [0.5, 0.6) is 0 Å². The number of furan rings is 1. The second-order valence-corrected chi connectivity index (χ2v) is 5.58. The van der Waals surface area contributed by atoms with E-state index < -0.39 is 0 Å². The van der Waals surface area contributed by atoms with E-state index in [0.717, 1.165) is 29.3 Å². The highest BCUT2D eigenvalue weighted by molar-refractivity contribution is 5.56. The second-order valence-electron chi connectivity index (χ2n) is 5.58. The monoisotopic (exact) mass is 299 g/mol. The van der Waals surface area contributed by atoms with E-state index in [4.69, 9.17) is 4.42 Å². The number of aromatic nitrogens is 4. The van der Waals surface area contributed by atoms with E-state index in [9.17, 15) is 0 Å². The van der Waals surface area contributed by atoms with Crippen LogP contribution in [0.15, 0.2) is 41.2 Å². The summed E-state index contributed by atoms with van der Waals surface area (Å²) in [7, 11) is 0. The zero-order valence-corrected chi connectivity index (χ0v) is 13.1. The number of H-pyrrole nitrogens is 1. The van der Waals surface area contributed by atoms with Gasteiger partial charge in [-0.05, 0) is 39.0 Å². The molecular weight excluding hydrogens is 278 g/mol. The van der Waals surface area contributed by atoms with Crippen molar-refractivity contribution >= 4 is 0 Å². The van der Waals surface area contributed by atoms with E-state index >= 15 is 0 Å². The van der Waals surface area contributed by atoms with E-state index in [0.29, 0.717) is 0 Å². The van der Waals surface area contributed by atoms with Gasteiger partial charge in [0.25, 0.3) is 0 Å². The van der Waals surface area contributed by atoms with Gasteiger partial charge in [0.15, 0.2) is 5.76 Å². The smallest absolute Gasteiger partial charge is 0.152 e. The summed E-state index contributed by atoms with van der Waals surface area (Å²) in [5, 5.41) is 15.0. The average Bonchev–Trinajstić information content (AvgIpc) is 3.24. The molecular formula is C16H21N5O. The van der Waals surface area contributed by atoms with Gasteiger partial charge in [-0.2, -0.15) is 10.2 Å². The standard InChI is InChI=1S/C16H21N5O/c1-11-5-6-15(22-11)16-14(10-18-20-16)9-17-12(2)13(3)21-8-4-7-19-21/h4-8,10,12-13,17H,9H2,1-3H3,(H,18,20)/t12-,13-/m0/s1. The summed E-state index contributed by atoms with van der Waals surface area (Å²) in [5.74, 6) is 1.71. The maximum absolute atomic E-state index is 5.67. The van der Waals surface area contributed by atoms with E-state index in [1.165, 1.54) is 0 Å². The fourth-order valence-electron chi connectivity index (χ4n) is 2.42. The van der Waals surface area contributed by atoms with Crippen LogP contribution in [0.3, 0.4) is 0 Å². The summed E-state index contributed by atoms with van der Waals surface area (Å²) in [4.78, 5) is 0. The van der Waals surface area contributed by atoms with Gasteiger partial charge >= 0.3 is 0 Å². The van der Waals surface area contributed by atoms with Crippen LogP contribution in [0.25, 0.3) is 11.5 Å². The summed E-state index contributed by atoms with van der Waals surface area (Å²) < 4.78 is 7.63. The van der Waals surface area contributed by atoms with Crippen LogP contribution in [-0.2, 0) is 6.54 Å². The fourth-order valence-corrected chi connectivity index (χ4v) is 2.42. The van der Waals surface area contributed by atoms with Crippen LogP contribution < -0.4 is 5.32 Å².